The summed E-state index contributed by atoms with van der Waals surface area (Å²) in [6.45, 7) is 0. The van der Waals surface area contributed by atoms with Crippen molar-refractivity contribution in [1.82, 2.24) is 10.6 Å². The SMILES string of the molecule is COc1ccc([C@H]2NC(=S)NC(=O)[C@@H]2C#N)cc1OC. The number of nitrogens with zero attached hydrogens (tertiary/aromatic N) is 1. The molecule has 0 spiro atoms. The zero-order valence-corrected chi connectivity index (χ0v) is 11.8. The van der Waals surface area contributed by atoms with Gasteiger partial charge in [-0.05, 0) is 29.9 Å². The Morgan fingerprint density at radius 1 is 1.30 bits per heavy atom. The van der Waals surface area contributed by atoms with Gasteiger partial charge in [-0.2, -0.15) is 5.26 Å². The van der Waals surface area contributed by atoms with Crippen LogP contribution in [0, 0.1) is 17.2 Å². The lowest BCUT2D eigenvalue weighted by Crippen LogP contribution is -2.53. The second kappa shape index (κ2) is 5.75. The fraction of sp³-hybridized carbons (Fsp3) is 0.308. The van der Waals surface area contributed by atoms with E-state index in [-0.39, 0.29) is 5.11 Å². The van der Waals surface area contributed by atoms with Crippen LogP contribution in [-0.4, -0.2) is 25.2 Å². The Kier molecular flexibility index (Phi) is 4.05. The van der Waals surface area contributed by atoms with Crippen LogP contribution in [0.25, 0.3) is 0 Å². The number of benzene rings is 1. The molecule has 1 amide bonds. The van der Waals surface area contributed by atoms with Gasteiger partial charge < -0.3 is 20.1 Å². The average molecular weight is 291 g/mol. The van der Waals surface area contributed by atoms with Crippen molar-refractivity contribution in [2.75, 3.05) is 14.2 Å². The highest BCUT2D eigenvalue weighted by Crippen LogP contribution is 2.33. The van der Waals surface area contributed by atoms with E-state index < -0.39 is 17.9 Å². The maximum atomic E-state index is 11.8. The molecule has 2 rings (SSSR count). The first kappa shape index (κ1) is 14.1. The lowest BCUT2D eigenvalue weighted by atomic mass is 9.92. The molecule has 0 aliphatic carbocycles. The van der Waals surface area contributed by atoms with E-state index in [0.29, 0.717) is 11.5 Å². The summed E-state index contributed by atoms with van der Waals surface area (Å²) in [4.78, 5) is 11.8. The molecule has 1 aliphatic heterocycles. The normalized spacial score (nSPS) is 21.4. The van der Waals surface area contributed by atoms with Crippen molar-refractivity contribution < 1.29 is 14.3 Å². The van der Waals surface area contributed by atoms with Crippen LogP contribution in [0.5, 0.6) is 11.5 Å². The highest BCUT2D eigenvalue weighted by molar-refractivity contribution is 7.80. The first-order valence-electron chi connectivity index (χ1n) is 5.83. The molecule has 0 saturated carbocycles. The molecule has 6 nitrogen and oxygen atoms in total. The van der Waals surface area contributed by atoms with Crippen LogP contribution >= 0.6 is 12.2 Å². The highest BCUT2D eigenvalue weighted by atomic mass is 32.1. The summed E-state index contributed by atoms with van der Waals surface area (Å²) in [5.74, 6) is -0.163. The van der Waals surface area contributed by atoms with Crippen molar-refractivity contribution >= 4 is 23.2 Å². The molecular formula is C13H13N3O3S. The standard InChI is InChI=1S/C13H13N3O3S/c1-18-9-4-3-7(5-10(9)19-2)11-8(6-14)12(17)16-13(20)15-11/h3-5,8,11H,1-2H3,(H2,15,16,17,20)/t8-,11-/m1/s1. The van der Waals surface area contributed by atoms with Crippen molar-refractivity contribution in [3.63, 3.8) is 0 Å². The Morgan fingerprint density at radius 3 is 2.60 bits per heavy atom. The third-order valence-electron chi connectivity index (χ3n) is 3.04. The van der Waals surface area contributed by atoms with Gasteiger partial charge in [0.05, 0.1) is 26.3 Å². The summed E-state index contributed by atoms with van der Waals surface area (Å²) in [5, 5.41) is 14.7. The minimum Gasteiger partial charge on any atom is -0.493 e. The molecule has 2 N–H and O–H groups in total. The van der Waals surface area contributed by atoms with E-state index in [1.54, 1.807) is 18.2 Å². The molecule has 104 valence electrons. The number of hydrogen-bond donors (Lipinski definition) is 2. The highest BCUT2D eigenvalue weighted by Gasteiger charge is 2.35. The Balaban J connectivity index is 2.40. The monoisotopic (exact) mass is 291 g/mol. The molecule has 0 aromatic heterocycles. The number of methoxy groups -OCH3 is 2. The minimum absolute atomic E-state index is 0.210. The second-order valence-corrected chi connectivity index (χ2v) is 4.57. The van der Waals surface area contributed by atoms with Gasteiger partial charge in [0.25, 0.3) is 0 Å². The summed E-state index contributed by atoms with van der Waals surface area (Å²) >= 11 is 4.96. The first-order valence-corrected chi connectivity index (χ1v) is 6.24. The van der Waals surface area contributed by atoms with Crippen LogP contribution in [0.3, 0.4) is 0 Å². The van der Waals surface area contributed by atoms with Crippen LogP contribution in [0.1, 0.15) is 11.6 Å². The minimum atomic E-state index is -0.861. The number of amides is 1. The zero-order valence-electron chi connectivity index (χ0n) is 11.0. The van der Waals surface area contributed by atoms with E-state index in [9.17, 15) is 4.79 Å². The molecule has 1 aromatic rings. The van der Waals surface area contributed by atoms with Gasteiger partial charge in [0.1, 0.15) is 5.92 Å². The van der Waals surface area contributed by atoms with E-state index in [1.807, 2.05) is 6.07 Å². The van der Waals surface area contributed by atoms with Crippen LogP contribution in [0.4, 0.5) is 0 Å². The van der Waals surface area contributed by atoms with Crippen molar-refractivity contribution in [3.8, 4) is 17.6 Å². The van der Waals surface area contributed by atoms with Gasteiger partial charge in [0.2, 0.25) is 5.91 Å². The lowest BCUT2D eigenvalue weighted by molar-refractivity contribution is -0.123. The van der Waals surface area contributed by atoms with E-state index in [1.165, 1.54) is 14.2 Å². The molecule has 1 heterocycles. The molecule has 1 aromatic carbocycles. The summed E-state index contributed by atoms with van der Waals surface area (Å²) in [6.07, 6.45) is 0. The maximum Gasteiger partial charge on any atom is 0.245 e. The lowest BCUT2D eigenvalue weighted by Gasteiger charge is -2.29. The second-order valence-electron chi connectivity index (χ2n) is 4.16. The van der Waals surface area contributed by atoms with Gasteiger partial charge in [0.15, 0.2) is 16.6 Å². The fourth-order valence-corrected chi connectivity index (χ4v) is 2.28. The number of carbonyl (C=O) groups excluding carboxylic acids is 1. The summed E-state index contributed by atoms with van der Waals surface area (Å²) in [6, 6.07) is 6.68. The van der Waals surface area contributed by atoms with E-state index in [0.717, 1.165) is 5.56 Å². The maximum absolute atomic E-state index is 11.8. The van der Waals surface area contributed by atoms with Crippen LogP contribution in [0.2, 0.25) is 0 Å². The van der Waals surface area contributed by atoms with Gasteiger partial charge >= 0.3 is 0 Å². The van der Waals surface area contributed by atoms with E-state index in [2.05, 4.69) is 10.6 Å². The number of rotatable bonds is 3. The number of thiocarbonyl (C=S) groups is 1. The molecule has 1 saturated heterocycles. The van der Waals surface area contributed by atoms with E-state index >= 15 is 0 Å². The molecule has 1 fully saturated rings. The quantitative estimate of drug-likeness (QED) is 0.805. The summed E-state index contributed by atoms with van der Waals surface area (Å²) in [5.41, 5.74) is 0.728. The molecule has 0 radical (unpaired) electrons. The molecule has 2 atom stereocenters. The Bertz CT molecular complexity index is 597. The fourth-order valence-electron chi connectivity index (χ4n) is 2.06. The topological polar surface area (TPSA) is 83.4 Å². The van der Waals surface area contributed by atoms with Gasteiger partial charge in [0, 0.05) is 0 Å². The molecule has 7 heteroatoms. The smallest absolute Gasteiger partial charge is 0.245 e. The largest absolute Gasteiger partial charge is 0.493 e. The van der Waals surface area contributed by atoms with Crippen molar-refractivity contribution in [1.29, 1.82) is 5.26 Å². The van der Waals surface area contributed by atoms with E-state index in [4.69, 9.17) is 27.0 Å². The summed E-state index contributed by atoms with van der Waals surface area (Å²) in [7, 11) is 3.06. The number of nitriles is 1. The number of nitrogens with one attached hydrogen (secondary N) is 2. The Labute approximate surface area is 121 Å². The zero-order chi connectivity index (χ0) is 14.7. The number of ether oxygens (including phenoxy) is 2. The number of hydrogen-bond acceptors (Lipinski definition) is 5. The molecule has 1 aliphatic rings. The molecule has 0 unspecified atom stereocenters. The third-order valence-corrected chi connectivity index (χ3v) is 3.26. The van der Waals surface area contributed by atoms with Crippen molar-refractivity contribution in [2.24, 2.45) is 5.92 Å². The van der Waals surface area contributed by atoms with Crippen molar-refractivity contribution in [3.05, 3.63) is 23.8 Å². The van der Waals surface area contributed by atoms with Gasteiger partial charge in [-0.1, -0.05) is 6.07 Å². The molecule has 0 bridgehead atoms. The van der Waals surface area contributed by atoms with Gasteiger partial charge in [-0.3, -0.25) is 4.79 Å². The molecular weight excluding hydrogens is 278 g/mol. The predicted molar refractivity (Wildman–Crippen MR) is 75.3 cm³/mol. The van der Waals surface area contributed by atoms with Crippen LogP contribution in [-0.2, 0) is 4.79 Å². The van der Waals surface area contributed by atoms with Gasteiger partial charge in [-0.25, -0.2) is 0 Å². The first-order chi connectivity index (χ1) is 9.60. The van der Waals surface area contributed by atoms with Crippen molar-refractivity contribution in [2.45, 2.75) is 6.04 Å². The Hall–Kier alpha value is -2.33. The molecule has 20 heavy (non-hydrogen) atoms. The van der Waals surface area contributed by atoms with Crippen LogP contribution in [0.15, 0.2) is 18.2 Å². The average Bonchev–Trinajstić information content (AvgIpc) is 2.45. The number of carbonyl (C=O) groups is 1. The van der Waals surface area contributed by atoms with Gasteiger partial charge in [-0.15, -0.1) is 0 Å². The predicted octanol–water partition coefficient (Wildman–Crippen LogP) is 0.889. The third kappa shape index (κ3) is 2.51. The Morgan fingerprint density at radius 2 is 2.00 bits per heavy atom. The summed E-state index contributed by atoms with van der Waals surface area (Å²) < 4.78 is 10.4. The van der Waals surface area contributed by atoms with Crippen LogP contribution < -0.4 is 20.1 Å².